The molecular formula is C7H8OS. The molecule has 0 atom stereocenters. The summed E-state index contributed by atoms with van der Waals surface area (Å²) in [5.41, 5.74) is 0. The number of rotatable bonds is 0. The van der Waals surface area contributed by atoms with Crippen LogP contribution >= 0.6 is 11.8 Å². The Morgan fingerprint density at radius 1 is 1.33 bits per heavy atom. The summed E-state index contributed by atoms with van der Waals surface area (Å²) in [5.74, 6) is 1.93. The molecule has 2 aliphatic rings. The number of fused-ring (bicyclic) bond motifs is 1. The highest BCUT2D eigenvalue weighted by Crippen LogP contribution is 2.36. The summed E-state index contributed by atoms with van der Waals surface area (Å²) in [6.45, 7) is 0. The van der Waals surface area contributed by atoms with Gasteiger partial charge in [-0.05, 0) is 18.9 Å². The molecule has 1 aliphatic carbocycles. The van der Waals surface area contributed by atoms with Crippen molar-refractivity contribution in [2.24, 2.45) is 0 Å². The predicted molar refractivity (Wildman–Crippen MR) is 38.9 cm³/mol. The lowest BCUT2D eigenvalue weighted by Gasteiger charge is -2.02. The summed E-state index contributed by atoms with van der Waals surface area (Å²) in [5, 5.41) is 0. The lowest BCUT2D eigenvalue weighted by Crippen LogP contribution is -1.86. The highest BCUT2D eigenvalue weighted by molar-refractivity contribution is 8.03. The molecule has 1 saturated heterocycles. The molecule has 48 valence electrons. The van der Waals surface area contributed by atoms with Crippen molar-refractivity contribution < 1.29 is 4.74 Å². The van der Waals surface area contributed by atoms with Crippen molar-refractivity contribution in [3.05, 3.63) is 22.8 Å². The molecule has 0 bridgehead atoms. The van der Waals surface area contributed by atoms with Gasteiger partial charge in [-0.2, -0.15) is 0 Å². The van der Waals surface area contributed by atoms with E-state index in [2.05, 4.69) is 12.2 Å². The van der Waals surface area contributed by atoms with Gasteiger partial charge in [0.2, 0.25) is 0 Å². The monoisotopic (exact) mass is 140 g/mol. The lowest BCUT2D eigenvalue weighted by molar-refractivity contribution is 0.294. The van der Waals surface area contributed by atoms with E-state index in [0.29, 0.717) is 0 Å². The molecule has 0 N–H and O–H groups in total. The minimum atomic E-state index is 0.817. The maximum Gasteiger partial charge on any atom is 0.138 e. The van der Waals surface area contributed by atoms with E-state index in [1.807, 2.05) is 0 Å². The fourth-order valence-electron chi connectivity index (χ4n) is 1.05. The maximum absolute atomic E-state index is 5.31. The Labute approximate surface area is 58.8 Å². The zero-order chi connectivity index (χ0) is 6.10. The van der Waals surface area contributed by atoms with Crippen LogP contribution in [0.25, 0.3) is 0 Å². The molecule has 1 heterocycles. The van der Waals surface area contributed by atoms with Crippen molar-refractivity contribution in [1.29, 1.82) is 0 Å². The molecule has 1 fully saturated rings. The van der Waals surface area contributed by atoms with E-state index < -0.39 is 0 Å². The zero-order valence-corrected chi connectivity index (χ0v) is 5.91. The standard InChI is InChI=1S/C7H8OS/c1-2-4-7-6(3-1)8-5-9-7/h3-4H,1-2,5H2. The van der Waals surface area contributed by atoms with Crippen LogP contribution in [0.4, 0.5) is 0 Å². The Morgan fingerprint density at radius 2 is 2.22 bits per heavy atom. The first-order chi connectivity index (χ1) is 4.47. The Balaban J connectivity index is 2.30. The van der Waals surface area contributed by atoms with Gasteiger partial charge in [-0.15, -0.1) is 0 Å². The van der Waals surface area contributed by atoms with E-state index in [9.17, 15) is 0 Å². The average molecular weight is 140 g/mol. The number of thioether (sulfide) groups is 1. The Morgan fingerprint density at radius 3 is 3.11 bits per heavy atom. The second-order valence-corrected chi connectivity index (χ2v) is 3.08. The van der Waals surface area contributed by atoms with Crippen molar-refractivity contribution in [2.75, 3.05) is 5.94 Å². The third kappa shape index (κ3) is 0.874. The zero-order valence-electron chi connectivity index (χ0n) is 5.09. The van der Waals surface area contributed by atoms with Gasteiger partial charge in [0.25, 0.3) is 0 Å². The van der Waals surface area contributed by atoms with Crippen LogP contribution in [0.2, 0.25) is 0 Å². The van der Waals surface area contributed by atoms with Gasteiger partial charge >= 0.3 is 0 Å². The minimum absolute atomic E-state index is 0.817. The summed E-state index contributed by atoms with van der Waals surface area (Å²) in [6, 6.07) is 0. The van der Waals surface area contributed by atoms with E-state index in [1.54, 1.807) is 11.8 Å². The molecule has 0 amide bonds. The minimum Gasteiger partial charge on any atom is -0.482 e. The maximum atomic E-state index is 5.31. The van der Waals surface area contributed by atoms with Crippen LogP contribution in [-0.4, -0.2) is 5.94 Å². The summed E-state index contributed by atoms with van der Waals surface area (Å²) < 4.78 is 5.31. The van der Waals surface area contributed by atoms with E-state index >= 15 is 0 Å². The first kappa shape index (κ1) is 5.42. The normalized spacial score (nSPS) is 24.0. The van der Waals surface area contributed by atoms with Gasteiger partial charge in [0, 0.05) is 4.91 Å². The van der Waals surface area contributed by atoms with Crippen molar-refractivity contribution in [3.63, 3.8) is 0 Å². The van der Waals surface area contributed by atoms with Gasteiger partial charge in [0.1, 0.15) is 11.7 Å². The fourth-order valence-corrected chi connectivity index (χ4v) is 1.88. The van der Waals surface area contributed by atoms with Crippen LogP contribution in [0.1, 0.15) is 12.8 Å². The Kier molecular flexibility index (Phi) is 1.27. The molecule has 0 aromatic heterocycles. The van der Waals surface area contributed by atoms with Gasteiger partial charge in [0.05, 0.1) is 0 Å². The van der Waals surface area contributed by atoms with Gasteiger partial charge in [-0.25, -0.2) is 0 Å². The van der Waals surface area contributed by atoms with Crippen LogP contribution in [-0.2, 0) is 4.74 Å². The first-order valence-electron chi connectivity index (χ1n) is 3.13. The molecule has 0 radical (unpaired) electrons. The lowest BCUT2D eigenvalue weighted by atomic mass is 10.2. The van der Waals surface area contributed by atoms with Gasteiger partial charge in [-0.3, -0.25) is 0 Å². The van der Waals surface area contributed by atoms with Crippen LogP contribution in [0.3, 0.4) is 0 Å². The highest BCUT2D eigenvalue weighted by atomic mass is 32.2. The van der Waals surface area contributed by atoms with Gasteiger partial charge in [-0.1, -0.05) is 17.8 Å². The van der Waals surface area contributed by atoms with E-state index in [0.717, 1.165) is 18.1 Å². The first-order valence-corrected chi connectivity index (χ1v) is 4.12. The second-order valence-electron chi connectivity index (χ2n) is 2.12. The summed E-state index contributed by atoms with van der Waals surface area (Å²) in [4.78, 5) is 1.35. The van der Waals surface area contributed by atoms with Crippen LogP contribution in [0.5, 0.6) is 0 Å². The molecule has 0 saturated carbocycles. The largest absolute Gasteiger partial charge is 0.482 e. The molecule has 0 aromatic rings. The average Bonchev–Trinajstić information content (AvgIpc) is 2.33. The SMILES string of the molecule is C1=C2OCSC2=CCC1. The second kappa shape index (κ2) is 2.10. The summed E-state index contributed by atoms with van der Waals surface area (Å²) >= 11 is 1.80. The molecule has 0 spiro atoms. The summed E-state index contributed by atoms with van der Waals surface area (Å²) in [6.07, 6.45) is 6.77. The highest BCUT2D eigenvalue weighted by Gasteiger charge is 2.16. The topological polar surface area (TPSA) is 9.23 Å². The molecule has 0 unspecified atom stereocenters. The van der Waals surface area contributed by atoms with Gasteiger partial charge < -0.3 is 4.74 Å². The number of hydrogen-bond acceptors (Lipinski definition) is 2. The van der Waals surface area contributed by atoms with E-state index in [4.69, 9.17) is 4.74 Å². The summed E-state index contributed by atoms with van der Waals surface area (Å²) in [7, 11) is 0. The number of hydrogen-bond donors (Lipinski definition) is 0. The van der Waals surface area contributed by atoms with Crippen LogP contribution in [0.15, 0.2) is 22.8 Å². The Bertz CT molecular complexity index is 161. The van der Waals surface area contributed by atoms with Gasteiger partial charge in [0.15, 0.2) is 0 Å². The van der Waals surface area contributed by atoms with Crippen molar-refractivity contribution in [2.45, 2.75) is 12.8 Å². The van der Waals surface area contributed by atoms with E-state index in [1.165, 1.54) is 11.3 Å². The molecule has 1 aliphatic heterocycles. The number of allylic oxidation sites excluding steroid dienone is 2. The Hall–Kier alpha value is -0.370. The fraction of sp³-hybridized carbons (Fsp3) is 0.429. The molecule has 2 rings (SSSR count). The van der Waals surface area contributed by atoms with Crippen molar-refractivity contribution in [3.8, 4) is 0 Å². The quantitative estimate of drug-likeness (QED) is 0.510. The van der Waals surface area contributed by atoms with Crippen LogP contribution in [0, 0.1) is 0 Å². The third-order valence-electron chi connectivity index (χ3n) is 1.50. The van der Waals surface area contributed by atoms with Crippen molar-refractivity contribution in [1.82, 2.24) is 0 Å². The molecule has 0 aromatic carbocycles. The molecule has 1 nitrogen and oxygen atoms in total. The predicted octanol–water partition coefficient (Wildman–Crippen LogP) is 2.27. The smallest absolute Gasteiger partial charge is 0.138 e. The third-order valence-corrected chi connectivity index (χ3v) is 2.41. The number of ether oxygens (including phenoxy) is 1. The van der Waals surface area contributed by atoms with Crippen LogP contribution < -0.4 is 0 Å². The van der Waals surface area contributed by atoms with Crippen molar-refractivity contribution >= 4 is 11.8 Å². The molecule has 9 heavy (non-hydrogen) atoms. The molecule has 2 heteroatoms. The van der Waals surface area contributed by atoms with E-state index in [-0.39, 0.29) is 0 Å². The molecular weight excluding hydrogens is 132 g/mol.